The minimum atomic E-state index is -0.896. The van der Waals surface area contributed by atoms with Crippen molar-refractivity contribution in [3.05, 3.63) is 87.7 Å². The van der Waals surface area contributed by atoms with E-state index in [1.807, 2.05) is 36.4 Å². The standard InChI is InChI=1S/C20H13Cl2NO2S/c21-14-5-1-3-12(9-14)20-18(19(24)13-4-2-8-23-10-13)15(11-25-20)16-6-7-17(22)26-16/h1-11,19,24H. The van der Waals surface area contributed by atoms with Gasteiger partial charge in [-0.15, -0.1) is 11.3 Å². The lowest BCUT2D eigenvalue weighted by molar-refractivity contribution is 0.220. The largest absolute Gasteiger partial charge is 0.463 e. The van der Waals surface area contributed by atoms with Gasteiger partial charge in [0, 0.05) is 44.5 Å². The minimum absolute atomic E-state index is 0.573. The molecule has 0 aliphatic rings. The lowest BCUT2D eigenvalue weighted by Gasteiger charge is -2.13. The van der Waals surface area contributed by atoms with Crippen molar-refractivity contribution in [1.29, 1.82) is 0 Å². The van der Waals surface area contributed by atoms with Gasteiger partial charge in [-0.25, -0.2) is 0 Å². The topological polar surface area (TPSA) is 46.3 Å². The summed E-state index contributed by atoms with van der Waals surface area (Å²) in [5.41, 5.74) is 2.94. The highest BCUT2D eigenvalue weighted by molar-refractivity contribution is 7.19. The summed E-state index contributed by atoms with van der Waals surface area (Å²) in [6, 6.07) is 14.7. The Morgan fingerprint density at radius 3 is 2.65 bits per heavy atom. The lowest BCUT2D eigenvalue weighted by atomic mass is 9.96. The van der Waals surface area contributed by atoms with Crippen LogP contribution < -0.4 is 0 Å². The highest BCUT2D eigenvalue weighted by atomic mass is 35.5. The number of aliphatic hydroxyl groups excluding tert-OH is 1. The van der Waals surface area contributed by atoms with Crippen LogP contribution in [0.4, 0.5) is 0 Å². The predicted molar refractivity (Wildman–Crippen MR) is 106 cm³/mol. The lowest BCUT2D eigenvalue weighted by Crippen LogP contribution is -2.02. The molecule has 130 valence electrons. The van der Waals surface area contributed by atoms with Crippen LogP contribution in [-0.4, -0.2) is 10.1 Å². The van der Waals surface area contributed by atoms with Crippen LogP contribution in [0.15, 0.2) is 71.6 Å². The molecule has 1 N–H and O–H groups in total. The molecule has 0 radical (unpaired) electrons. The average Bonchev–Trinajstić information content (AvgIpc) is 3.28. The second-order valence-corrected chi connectivity index (χ2v) is 7.85. The summed E-state index contributed by atoms with van der Waals surface area (Å²) >= 11 is 13.7. The fourth-order valence-corrected chi connectivity index (χ4v) is 4.10. The molecule has 0 bridgehead atoms. The molecule has 1 aromatic carbocycles. The molecule has 0 saturated heterocycles. The summed E-state index contributed by atoms with van der Waals surface area (Å²) in [5, 5.41) is 11.7. The molecule has 3 nitrogen and oxygen atoms in total. The van der Waals surface area contributed by atoms with Crippen molar-refractivity contribution < 1.29 is 9.52 Å². The number of pyridine rings is 1. The maximum Gasteiger partial charge on any atom is 0.140 e. The van der Waals surface area contributed by atoms with Crippen molar-refractivity contribution in [3.8, 4) is 21.8 Å². The first-order valence-corrected chi connectivity index (χ1v) is 9.42. The third-order valence-electron chi connectivity index (χ3n) is 4.03. The molecule has 0 aliphatic carbocycles. The molecule has 1 unspecified atom stereocenters. The molecule has 4 rings (SSSR count). The summed E-state index contributed by atoms with van der Waals surface area (Å²) in [6.07, 6.45) is 4.06. The first-order valence-electron chi connectivity index (χ1n) is 7.84. The Balaban J connectivity index is 1.91. The van der Waals surface area contributed by atoms with Gasteiger partial charge in [-0.2, -0.15) is 0 Å². The zero-order valence-electron chi connectivity index (χ0n) is 13.4. The van der Waals surface area contributed by atoms with Crippen molar-refractivity contribution in [2.24, 2.45) is 0 Å². The van der Waals surface area contributed by atoms with E-state index in [0.29, 0.717) is 26.2 Å². The van der Waals surface area contributed by atoms with E-state index >= 15 is 0 Å². The first kappa shape index (κ1) is 17.3. The number of furan rings is 1. The molecule has 3 aromatic heterocycles. The molecule has 0 spiro atoms. The number of hydrogen-bond acceptors (Lipinski definition) is 4. The van der Waals surface area contributed by atoms with Gasteiger partial charge in [0.05, 0.1) is 4.34 Å². The fourth-order valence-electron chi connectivity index (χ4n) is 2.85. The van der Waals surface area contributed by atoms with Crippen LogP contribution in [0.25, 0.3) is 21.8 Å². The van der Waals surface area contributed by atoms with E-state index in [0.717, 1.165) is 16.0 Å². The smallest absolute Gasteiger partial charge is 0.140 e. The third-order valence-corrected chi connectivity index (χ3v) is 5.53. The van der Waals surface area contributed by atoms with E-state index in [9.17, 15) is 5.11 Å². The van der Waals surface area contributed by atoms with Crippen LogP contribution in [-0.2, 0) is 0 Å². The number of halogens is 2. The maximum atomic E-state index is 11.1. The minimum Gasteiger partial charge on any atom is -0.463 e. The summed E-state index contributed by atoms with van der Waals surface area (Å²) < 4.78 is 6.54. The van der Waals surface area contributed by atoms with Gasteiger partial charge in [0.1, 0.15) is 18.1 Å². The normalized spacial score (nSPS) is 12.3. The van der Waals surface area contributed by atoms with Crippen molar-refractivity contribution in [3.63, 3.8) is 0 Å². The molecule has 4 aromatic rings. The van der Waals surface area contributed by atoms with Gasteiger partial charge in [-0.05, 0) is 30.3 Å². The summed E-state index contributed by atoms with van der Waals surface area (Å²) in [5.74, 6) is 0.573. The van der Waals surface area contributed by atoms with Crippen LogP contribution in [0.3, 0.4) is 0 Å². The van der Waals surface area contributed by atoms with Gasteiger partial charge in [0.25, 0.3) is 0 Å². The number of benzene rings is 1. The number of thiophene rings is 1. The Morgan fingerprint density at radius 1 is 1.08 bits per heavy atom. The maximum absolute atomic E-state index is 11.1. The van der Waals surface area contributed by atoms with Gasteiger partial charge in [0.2, 0.25) is 0 Å². The Bertz CT molecular complexity index is 1040. The first-order chi connectivity index (χ1) is 12.6. The number of aliphatic hydroxyl groups is 1. The van der Waals surface area contributed by atoms with Gasteiger partial charge < -0.3 is 9.52 Å². The second kappa shape index (κ2) is 7.25. The van der Waals surface area contributed by atoms with Crippen LogP contribution in [0.1, 0.15) is 17.2 Å². The predicted octanol–water partition coefficient (Wildman–Crippen LogP) is 6.46. The molecular weight excluding hydrogens is 389 g/mol. The fraction of sp³-hybridized carbons (Fsp3) is 0.0500. The zero-order valence-corrected chi connectivity index (χ0v) is 15.7. The molecule has 0 fully saturated rings. The molecule has 0 amide bonds. The van der Waals surface area contributed by atoms with Gasteiger partial charge in [-0.3, -0.25) is 4.98 Å². The second-order valence-electron chi connectivity index (χ2n) is 5.70. The van der Waals surface area contributed by atoms with Crippen molar-refractivity contribution in [2.45, 2.75) is 6.10 Å². The molecule has 6 heteroatoms. The Kier molecular flexibility index (Phi) is 4.83. The number of hydrogen-bond donors (Lipinski definition) is 1. The van der Waals surface area contributed by atoms with Crippen LogP contribution in [0.5, 0.6) is 0 Å². The molecule has 0 aliphatic heterocycles. The van der Waals surface area contributed by atoms with E-state index in [2.05, 4.69) is 4.98 Å². The number of nitrogens with zero attached hydrogens (tertiary/aromatic N) is 1. The molecule has 0 saturated carbocycles. The monoisotopic (exact) mass is 401 g/mol. The SMILES string of the molecule is OC(c1cccnc1)c1c(-c2ccc(Cl)s2)coc1-c1cccc(Cl)c1. The zero-order chi connectivity index (χ0) is 18.1. The van der Waals surface area contributed by atoms with Crippen molar-refractivity contribution >= 4 is 34.5 Å². The highest BCUT2D eigenvalue weighted by Gasteiger charge is 2.25. The van der Waals surface area contributed by atoms with E-state index in [1.54, 1.807) is 30.8 Å². The van der Waals surface area contributed by atoms with E-state index < -0.39 is 6.10 Å². The van der Waals surface area contributed by atoms with E-state index in [4.69, 9.17) is 27.6 Å². The highest BCUT2D eigenvalue weighted by Crippen LogP contribution is 2.43. The third kappa shape index (κ3) is 3.29. The Labute approximate surface area is 164 Å². The summed E-state index contributed by atoms with van der Waals surface area (Å²) in [6.45, 7) is 0. The van der Waals surface area contributed by atoms with Gasteiger partial charge in [0.15, 0.2) is 0 Å². The molecule has 3 heterocycles. The van der Waals surface area contributed by atoms with Crippen LogP contribution in [0.2, 0.25) is 9.36 Å². The quantitative estimate of drug-likeness (QED) is 0.426. The van der Waals surface area contributed by atoms with Crippen LogP contribution in [0, 0.1) is 0 Å². The summed E-state index contributed by atoms with van der Waals surface area (Å²) in [7, 11) is 0. The summed E-state index contributed by atoms with van der Waals surface area (Å²) in [4.78, 5) is 5.03. The number of rotatable bonds is 4. The van der Waals surface area contributed by atoms with E-state index in [-0.39, 0.29) is 0 Å². The number of aromatic nitrogens is 1. The molecular formula is C20H13Cl2NO2S. The molecule has 1 atom stereocenters. The van der Waals surface area contributed by atoms with Gasteiger partial charge >= 0.3 is 0 Å². The van der Waals surface area contributed by atoms with Crippen molar-refractivity contribution in [1.82, 2.24) is 4.98 Å². The van der Waals surface area contributed by atoms with E-state index in [1.165, 1.54) is 11.3 Å². The van der Waals surface area contributed by atoms with Crippen molar-refractivity contribution in [2.75, 3.05) is 0 Å². The Hall–Kier alpha value is -2.11. The molecule has 26 heavy (non-hydrogen) atoms. The van der Waals surface area contributed by atoms with Crippen LogP contribution >= 0.6 is 34.5 Å². The van der Waals surface area contributed by atoms with Gasteiger partial charge in [-0.1, -0.05) is 41.4 Å². The Morgan fingerprint density at radius 2 is 1.96 bits per heavy atom. The average molecular weight is 402 g/mol.